The summed E-state index contributed by atoms with van der Waals surface area (Å²) in [5.74, 6) is -1.39. The first-order chi connectivity index (χ1) is 10.0. The molecular formula is C15H17NO5. The number of amides is 1. The number of benzene rings is 1. The summed E-state index contributed by atoms with van der Waals surface area (Å²) in [7, 11) is 1.29. The van der Waals surface area contributed by atoms with Gasteiger partial charge in [-0.05, 0) is 18.6 Å². The van der Waals surface area contributed by atoms with Crippen LogP contribution in [-0.4, -0.2) is 36.7 Å². The van der Waals surface area contributed by atoms with Crippen molar-refractivity contribution < 1.29 is 23.8 Å². The lowest BCUT2D eigenvalue weighted by Gasteiger charge is -2.11. The molecule has 2 N–H and O–H groups in total. The Labute approximate surface area is 121 Å². The number of rotatable bonds is 6. The first-order valence-corrected chi connectivity index (χ1v) is 6.50. The Kier molecular flexibility index (Phi) is 4.59. The van der Waals surface area contributed by atoms with Crippen LogP contribution in [0.3, 0.4) is 0 Å². The van der Waals surface area contributed by atoms with Gasteiger partial charge < -0.3 is 19.6 Å². The lowest BCUT2D eigenvalue weighted by atomic mass is 10.1. The van der Waals surface area contributed by atoms with Crippen LogP contribution in [0.15, 0.2) is 28.9 Å². The number of aliphatic carboxylic acids is 1. The predicted octanol–water partition coefficient (Wildman–Crippen LogP) is 1.50. The summed E-state index contributed by atoms with van der Waals surface area (Å²) in [6.45, 7) is 1.89. The van der Waals surface area contributed by atoms with Gasteiger partial charge in [-0.2, -0.15) is 0 Å². The van der Waals surface area contributed by atoms with Gasteiger partial charge >= 0.3 is 5.97 Å². The number of fused-ring (bicyclic) bond motifs is 1. The number of carbonyl (C=O) groups is 2. The molecule has 0 saturated carbocycles. The van der Waals surface area contributed by atoms with Crippen molar-refractivity contribution >= 4 is 22.8 Å². The molecule has 0 radical (unpaired) electrons. The average molecular weight is 291 g/mol. The van der Waals surface area contributed by atoms with E-state index < -0.39 is 12.1 Å². The fraction of sp³-hybridized carbons (Fsp3) is 0.333. The summed E-state index contributed by atoms with van der Waals surface area (Å²) < 4.78 is 10.2. The summed E-state index contributed by atoms with van der Waals surface area (Å²) in [5, 5.41) is 12.2. The highest BCUT2D eigenvalue weighted by Crippen LogP contribution is 2.22. The van der Waals surface area contributed by atoms with E-state index in [1.807, 2.05) is 25.1 Å². The van der Waals surface area contributed by atoms with Crippen LogP contribution in [0.5, 0.6) is 0 Å². The molecule has 0 spiro atoms. The minimum absolute atomic E-state index is 0.0699. The summed E-state index contributed by atoms with van der Waals surface area (Å²) in [6.07, 6.45) is 0.638. The summed E-state index contributed by atoms with van der Waals surface area (Å²) in [4.78, 5) is 22.6. The molecule has 6 heteroatoms. The number of hydrogen-bond acceptors (Lipinski definition) is 4. The van der Waals surface area contributed by atoms with Gasteiger partial charge in [0.15, 0.2) is 6.10 Å². The summed E-state index contributed by atoms with van der Waals surface area (Å²) in [6, 6.07) is 5.76. The highest BCUT2D eigenvalue weighted by molar-refractivity contribution is 5.88. The zero-order valence-corrected chi connectivity index (χ0v) is 11.9. The Bertz CT molecular complexity index is 661. The fourth-order valence-electron chi connectivity index (χ4n) is 2.04. The van der Waals surface area contributed by atoms with E-state index in [-0.39, 0.29) is 18.9 Å². The largest absolute Gasteiger partial charge is 0.479 e. The quantitative estimate of drug-likeness (QED) is 0.842. The van der Waals surface area contributed by atoms with Crippen LogP contribution in [0, 0.1) is 6.92 Å². The second-order valence-corrected chi connectivity index (χ2v) is 4.80. The highest BCUT2D eigenvalue weighted by Gasteiger charge is 2.18. The highest BCUT2D eigenvalue weighted by atomic mass is 16.5. The van der Waals surface area contributed by atoms with Gasteiger partial charge in [-0.1, -0.05) is 12.1 Å². The molecule has 1 aromatic heterocycles. The van der Waals surface area contributed by atoms with Crippen LogP contribution in [-0.2, 0) is 20.7 Å². The van der Waals surface area contributed by atoms with Crippen molar-refractivity contribution in [3.63, 3.8) is 0 Å². The summed E-state index contributed by atoms with van der Waals surface area (Å²) in [5.41, 5.74) is 2.59. The van der Waals surface area contributed by atoms with Crippen LogP contribution in [0.25, 0.3) is 11.0 Å². The molecule has 0 aliphatic rings. The molecule has 0 aliphatic carbocycles. The minimum Gasteiger partial charge on any atom is -0.479 e. The van der Waals surface area contributed by atoms with E-state index in [1.54, 1.807) is 6.26 Å². The fourth-order valence-corrected chi connectivity index (χ4v) is 2.04. The van der Waals surface area contributed by atoms with Crippen molar-refractivity contribution in [3.05, 3.63) is 35.6 Å². The number of carbonyl (C=O) groups excluding carboxylic acids is 1. The third-order valence-corrected chi connectivity index (χ3v) is 3.21. The van der Waals surface area contributed by atoms with E-state index in [4.69, 9.17) is 14.3 Å². The number of hydrogen-bond donors (Lipinski definition) is 2. The molecule has 1 unspecified atom stereocenters. The van der Waals surface area contributed by atoms with Gasteiger partial charge in [-0.25, -0.2) is 4.79 Å². The van der Waals surface area contributed by atoms with E-state index in [9.17, 15) is 9.59 Å². The van der Waals surface area contributed by atoms with Crippen molar-refractivity contribution in [2.24, 2.45) is 0 Å². The Morgan fingerprint density at radius 1 is 1.43 bits per heavy atom. The molecule has 0 bridgehead atoms. The molecule has 0 saturated heterocycles. The second kappa shape index (κ2) is 6.41. The first-order valence-electron chi connectivity index (χ1n) is 6.50. The number of aryl methyl sites for hydroxylation is 1. The zero-order chi connectivity index (χ0) is 15.4. The van der Waals surface area contributed by atoms with Crippen molar-refractivity contribution in [2.45, 2.75) is 19.4 Å². The van der Waals surface area contributed by atoms with Crippen molar-refractivity contribution in [1.82, 2.24) is 5.32 Å². The van der Waals surface area contributed by atoms with Crippen molar-refractivity contribution in [1.29, 1.82) is 0 Å². The monoisotopic (exact) mass is 291 g/mol. The Balaban J connectivity index is 2.00. The Hall–Kier alpha value is -2.34. The van der Waals surface area contributed by atoms with Crippen LogP contribution in [0.2, 0.25) is 0 Å². The topological polar surface area (TPSA) is 88.8 Å². The molecule has 1 atom stereocenters. The maximum absolute atomic E-state index is 11.9. The van der Waals surface area contributed by atoms with Gasteiger partial charge in [-0.3, -0.25) is 4.79 Å². The smallest absolute Gasteiger partial charge is 0.334 e. The predicted molar refractivity (Wildman–Crippen MR) is 76.1 cm³/mol. The van der Waals surface area contributed by atoms with Crippen LogP contribution in [0.4, 0.5) is 0 Å². The van der Waals surface area contributed by atoms with E-state index in [1.165, 1.54) is 7.11 Å². The Morgan fingerprint density at radius 3 is 2.86 bits per heavy atom. The number of carboxylic acids is 1. The molecule has 2 aromatic rings. The van der Waals surface area contributed by atoms with Gasteiger partial charge in [0.2, 0.25) is 5.91 Å². The number of methoxy groups -OCH3 is 1. The third kappa shape index (κ3) is 3.61. The molecule has 2 rings (SSSR count). The lowest BCUT2D eigenvalue weighted by Crippen LogP contribution is -2.38. The molecule has 6 nitrogen and oxygen atoms in total. The van der Waals surface area contributed by atoms with Gasteiger partial charge in [0.25, 0.3) is 0 Å². The standard InChI is InChI=1S/C15H17NO5/c1-9-3-4-11-10(8-21-12(11)5-9)6-14(17)16-7-13(20-2)15(18)19/h3-5,8,13H,6-7H2,1-2H3,(H,16,17)(H,18,19). The van der Waals surface area contributed by atoms with Crippen LogP contribution >= 0.6 is 0 Å². The molecule has 0 aliphatic heterocycles. The zero-order valence-electron chi connectivity index (χ0n) is 11.9. The molecule has 21 heavy (non-hydrogen) atoms. The second-order valence-electron chi connectivity index (χ2n) is 4.80. The molecular weight excluding hydrogens is 274 g/mol. The molecule has 1 amide bonds. The van der Waals surface area contributed by atoms with Gasteiger partial charge in [-0.15, -0.1) is 0 Å². The number of ether oxygens (including phenoxy) is 1. The third-order valence-electron chi connectivity index (χ3n) is 3.21. The SMILES string of the molecule is COC(CNC(=O)Cc1coc2cc(C)ccc12)C(=O)O. The number of nitrogens with one attached hydrogen (secondary N) is 1. The molecule has 0 fully saturated rings. The van der Waals surface area contributed by atoms with E-state index in [0.29, 0.717) is 0 Å². The average Bonchev–Trinajstić information content (AvgIpc) is 2.81. The Morgan fingerprint density at radius 2 is 2.19 bits per heavy atom. The number of furan rings is 1. The van der Waals surface area contributed by atoms with Gasteiger partial charge in [0.05, 0.1) is 19.2 Å². The minimum atomic E-state index is -1.11. The number of carboxylic acid groups (broad SMARTS) is 1. The van der Waals surface area contributed by atoms with Gasteiger partial charge in [0, 0.05) is 18.1 Å². The normalized spacial score (nSPS) is 12.3. The van der Waals surface area contributed by atoms with E-state index >= 15 is 0 Å². The van der Waals surface area contributed by atoms with Crippen LogP contribution < -0.4 is 5.32 Å². The first kappa shape index (κ1) is 15.1. The molecule has 112 valence electrons. The maximum atomic E-state index is 11.9. The summed E-state index contributed by atoms with van der Waals surface area (Å²) >= 11 is 0. The van der Waals surface area contributed by atoms with Gasteiger partial charge in [0.1, 0.15) is 5.58 Å². The molecule has 1 aromatic carbocycles. The van der Waals surface area contributed by atoms with E-state index in [2.05, 4.69) is 5.32 Å². The van der Waals surface area contributed by atoms with E-state index in [0.717, 1.165) is 22.1 Å². The van der Waals surface area contributed by atoms with Crippen molar-refractivity contribution in [2.75, 3.05) is 13.7 Å². The maximum Gasteiger partial charge on any atom is 0.334 e. The van der Waals surface area contributed by atoms with Crippen molar-refractivity contribution in [3.8, 4) is 0 Å². The molecule has 1 heterocycles. The lowest BCUT2D eigenvalue weighted by molar-refractivity contribution is -0.148. The van der Waals surface area contributed by atoms with Crippen LogP contribution in [0.1, 0.15) is 11.1 Å².